The molecule has 128 valence electrons. The summed E-state index contributed by atoms with van der Waals surface area (Å²) in [6.45, 7) is 2.28. The second-order valence-electron chi connectivity index (χ2n) is 5.85. The highest BCUT2D eigenvalue weighted by molar-refractivity contribution is 7.09. The molecular weight excluding hydrogens is 336 g/mol. The van der Waals surface area contributed by atoms with Crippen LogP contribution < -0.4 is 5.73 Å². The van der Waals surface area contributed by atoms with Gasteiger partial charge in [-0.05, 0) is 6.54 Å². The largest absolute Gasteiger partial charge is 0.330 e. The molecule has 3 heterocycles. The minimum Gasteiger partial charge on any atom is -0.330 e. The van der Waals surface area contributed by atoms with E-state index in [-0.39, 0.29) is 5.91 Å². The zero-order valence-corrected chi connectivity index (χ0v) is 14.4. The Bertz CT molecular complexity index is 888. The summed E-state index contributed by atoms with van der Waals surface area (Å²) in [5.74, 6) is 1.59. The lowest BCUT2D eigenvalue weighted by atomic mass is 10.2. The number of nitrogens with zero attached hydrogens (tertiary/aromatic N) is 5. The van der Waals surface area contributed by atoms with E-state index in [1.807, 2.05) is 35.7 Å². The van der Waals surface area contributed by atoms with E-state index in [0.29, 0.717) is 38.3 Å². The molecule has 0 radical (unpaired) electrons. The van der Waals surface area contributed by atoms with Crippen molar-refractivity contribution >= 4 is 17.2 Å². The van der Waals surface area contributed by atoms with E-state index in [2.05, 4.69) is 19.7 Å². The molecule has 0 bridgehead atoms. The number of carbonyl (C=O) groups excluding carboxylic acids is 1. The first-order chi connectivity index (χ1) is 12.3. The number of hydrogen-bond donors (Lipinski definition) is 1. The zero-order valence-electron chi connectivity index (χ0n) is 13.6. The highest BCUT2D eigenvalue weighted by Crippen LogP contribution is 2.22. The van der Waals surface area contributed by atoms with Crippen LogP contribution in [0.1, 0.15) is 21.3 Å². The van der Waals surface area contributed by atoms with E-state index in [4.69, 9.17) is 5.73 Å². The van der Waals surface area contributed by atoms with Gasteiger partial charge in [-0.2, -0.15) is 0 Å². The smallest absolute Gasteiger partial charge is 0.273 e. The van der Waals surface area contributed by atoms with E-state index >= 15 is 0 Å². The van der Waals surface area contributed by atoms with E-state index < -0.39 is 0 Å². The number of fused-ring (bicyclic) bond motifs is 1. The van der Waals surface area contributed by atoms with Crippen LogP contribution >= 0.6 is 11.3 Å². The van der Waals surface area contributed by atoms with Gasteiger partial charge in [0.05, 0.1) is 11.6 Å². The van der Waals surface area contributed by atoms with Gasteiger partial charge in [-0.1, -0.05) is 30.3 Å². The first-order valence-corrected chi connectivity index (χ1v) is 9.05. The topological polar surface area (TPSA) is 89.9 Å². The summed E-state index contributed by atoms with van der Waals surface area (Å²) < 4.78 is 2.08. The molecule has 1 aliphatic rings. The molecular formula is C17H18N6OS. The minimum absolute atomic E-state index is 0.0602. The third-order valence-corrected chi connectivity index (χ3v) is 5.11. The Morgan fingerprint density at radius 2 is 2.04 bits per heavy atom. The standard InChI is InChI=1S/C17H18N6OS/c18-7-6-15-19-13(11-25-15)17(24)22-8-9-23-14(10-22)20-21-16(23)12-4-2-1-3-5-12/h1-5,11H,6-10,18H2. The molecule has 4 rings (SSSR count). The Morgan fingerprint density at radius 1 is 1.20 bits per heavy atom. The molecule has 1 aliphatic heterocycles. The SMILES string of the molecule is NCCc1nc(C(=O)N2CCn3c(nnc3-c3ccccc3)C2)cs1. The van der Waals surface area contributed by atoms with Crippen molar-refractivity contribution in [2.24, 2.45) is 5.73 Å². The summed E-state index contributed by atoms with van der Waals surface area (Å²) >= 11 is 1.48. The monoisotopic (exact) mass is 354 g/mol. The molecule has 0 atom stereocenters. The van der Waals surface area contributed by atoms with Gasteiger partial charge in [-0.15, -0.1) is 21.5 Å². The number of amides is 1. The van der Waals surface area contributed by atoms with Gasteiger partial charge in [0.1, 0.15) is 5.69 Å². The second-order valence-corrected chi connectivity index (χ2v) is 6.79. The molecule has 1 amide bonds. The van der Waals surface area contributed by atoms with Gasteiger partial charge >= 0.3 is 0 Å². The lowest BCUT2D eigenvalue weighted by molar-refractivity contribution is 0.0702. The molecule has 25 heavy (non-hydrogen) atoms. The van der Waals surface area contributed by atoms with Crippen LogP contribution in [-0.2, 0) is 19.5 Å². The third-order valence-electron chi connectivity index (χ3n) is 4.20. The van der Waals surface area contributed by atoms with Gasteiger partial charge < -0.3 is 15.2 Å². The molecule has 0 saturated heterocycles. The van der Waals surface area contributed by atoms with E-state index in [1.165, 1.54) is 11.3 Å². The molecule has 0 aliphatic carbocycles. The quantitative estimate of drug-likeness (QED) is 0.768. The fourth-order valence-electron chi connectivity index (χ4n) is 2.94. The van der Waals surface area contributed by atoms with E-state index in [9.17, 15) is 4.79 Å². The highest BCUT2D eigenvalue weighted by atomic mass is 32.1. The van der Waals surface area contributed by atoms with Gasteiger partial charge in [0.2, 0.25) is 0 Å². The normalized spacial score (nSPS) is 13.7. The average Bonchev–Trinajstić information content (AvgIpc) is 3.28. The first-order valence-electron chi connectivity index (χ1n) is 8.17. The van der Waals surface area contributed by atoms with Crippen molar-refractivity contribution in [3.05, 3.63) is 52.2 Å². The van der Waals surface area contributed by atoms with Crippen molar-refractivity contribution in [1.82, 2.24) is 24.6 Å². The Kier molecular flexibility index (Phi) is 4.29. The summed E-state index contributed by atoms with van der Waals surface area (Å²) in [7, 11) is 0. The van der Waals surface area contributed by atoms with Crippen LogP contribution in [0, 0.1) is 0 Å². The van der Waals surface area contributed by atoms with Crippen molar-refractivity contribution in [2.45, 2.75) is 19.5 Å². The number of rotatable bonds is 4. The van der Waals surface area contributed by atoms with E-state index in [0.717, 1.165) is 22.2 Å². The lowest BCUT2D eigenvalue weighted by Gasteiger charge is -2.27. The van der Waals surface area contributed by atoms with Crippen LogP contribution in [0.25, 0.3) is 11.4 Å². The van der Waals surface area contributed by atoms with Gasteiger partial charge in [-0.25, -0.2) is 4.98 Å². The molecule has 8 heteroatoms. The van der Waals surface area contributed by atoms with Crippen LogP contribution in [-0.4, -0.2) is 43.6 Å². The van der Waals surface area contributed by atoms with Gasteiger partial charge in [0.15, 0.2) is 11.6 Å². The Labute approximate surface area is 149 Å². The maximum absolute atomic E-state index is 12.7. The second kappa shape index (κ2) is 6.73. The Hall–Kier alpha value is -2.58. The summed E-state index contributed by atoms with van der Waals surface area (Å²) in [5.41, 5.74) is 7.07. The lowest BCUT2D eigenvalue weighted by Crippen LogP contribution is -2.38. The maximum Gasteiger partial charge on any atom is 0.273 e. The fraction of sp³-hybridized carbons (Fsp3) is 0.294. The van der Waals surface area contributed by atoms with Crippen LogP contribution in [0.5, 0.6) is 0 Å². The number of carbonyl (C=O) groups is 1. The highest BCUT2D eigenvalue weighted by Gasteiger charge is 2.26. The number of hydrogen-bond acceptors (Lipinski definition) is 6. The predicted molar refractivity (Wildman–Crippen MR) is 95.1 cm³/mol. The van der Waals surface area contributed by atoms with Crippen LogP contribution in [0.3, 0.4) is 0 Å². The molecule has 1 aromatic carbocycles. The number of aromatic nitrogens is 4. The van der Waals surface area contributed by atoms with Crippen LogP contribution in [0.2, 0.25) is 0 Å². The molecule has 2 aromatic heterocycles. The Morgan fingerprint density at radius 3 is 2.84 bits per heavy atom. The first kappa shape index (κ1) is 15.9. The maximum atomic E-state index is 12.7. The number of thiazole rings is 1. The van der Waals surface area contributed by atoms with Gasteiger partial charge in [-0.3, -0.25) is 4.79 Å². The number of benzene rings is 1. The fourth-order valence-corrected chi connectivity index (χ4v) is 3.73. The van der Waals surface area contributed by atoms with Crippen molar-refractivity contribution in [1.29, 1.82) is 0 Å². The van der Waals surface area contributed by atoms with Crippen molar-refractivity contribution in [2.75, 3.05) is 13.1 Å². The van der Waals surface area contributed by atoms with Crippen molar-refractivity contribution < 1.29 is 4.79 Å². The third kappa shape index (κ3) is 3.06. The summed E-state index contributed by atoms with van der Waals surface area (Å²) in [6.07, 6.45) is 0.701. The van der Waals surface area contributed by atoms with Gasteiger partial charge in [0.25, 0.3) is 5.91 Å². The summed E-state index contributed by atoms with van der Waals surface area (Å²) in [6, 6.07) is 9.98. The van der Waals surface area contributed by atoms with Gasteiger partial charge in [0, 0.05) is 30.5 Å². The van der Waals surface area contributed by atoms with Crippen LogP contribution in [0.4, 0.5) is 0 Å². The van der Waals surface area contributed by atoms with Crippen molar-refractivity contribution in [3.63, 3.8) is 0 Å². The van der Waals surface area contributed by atoms with Crippen LogP contribution in [0.15, 0.2) is 35.7 Å². The van der Waals surface area contributed by atoms with Crippen molar-refractivity contribution in [3.8, 4) is 11.4 Å². The molecule has 7 nitrogen and oxygen atoms in total. The predicted octanol–water partition coefficient (Wildman–Crippen LogP) is 1.56. The molecule has 0 unspecified atom stereocenters. The molecule has 2 N–H and O–H groups in total. The zero-order chi connectivity index (χ0) is 17.2. The minimum atomic E-state index is -0.0602. The molecule has 0 fully saturated rings. The number of nitrogens with two attached hydrogens (primary N) is 1. The molecule has 3 aromatic rings. The molecule has 0 saturated carbocycles. The summed E-state index contributed by atoms with van der Waals surface area (Å²) in [5, 5.41) is 11.3. The summed E-state index contributed by atoms with van der Waals surface area (Å²) in [4.78, 5) is 18.9. The average molecular weight is 354 g/mol. The Balaban J connectivity index is 1.53. The molecule has 0 spiro atoms. The van der Waals surface area contributed by atoms with E-state index in [1.54, 1.807) is 4.90 Å².